The zero-order valence-corrected chi connectivity index (χ0v) is 15.1. The maximum absolute atomic E-state index is 13.8. The van der Waals surface area contributed by atoms with E-state index < -0.39 is 0 Å². The monoisotopic (exact) mass is 383 g/mol. The van der Waals surface area contributed by atoms with Gasteiger partial charge in [-0.3, -0.25) is 4.57 Å². The quantitative estimate of drug-likeness (QED) is 0.555. The third kappa shape index (κ3) is 3.39. The average Bonchev–Trinajstić information content (AvgIpc) is 3.01. The van der Waals surface area contributed by atoms with Crippen LogP contribution < -0.4 is 11.1 Å². The molecule has 0 saturated heterocycles. The van der Waals surface area contributed by atoms with Crippen LogP contribution in [-0.2, 0) is 6.42 Å². The highest BCUT2D eigenvalue weighted by atomic mass is 35.5. The van der Waals surface area contributed by atoms with Gasteiger partial charge < -0.3 is 11.1 Å². The summed E-state index contributed by atoms with van der Waals surface area (Å²) < 4.78 is 15.5. The molecule has 0 atom stereocenters. The zero-order valence-electron chi connectivity index (χ0n) is 14.3. The summed E-state index contributed by atoms with van der Waals surface area (Å²) >= 11 is 5.90. The van der Waals surface area contributed by atoms with Crippen LogP contribution in [0.4, 0.5) is 22.0 Å². The molecule has 2 aromatic carbocycles. The first-order valence-corrected chi connectivity index (χ1v) is 8.62. The minimum absolute atomic E-state index is 0.0387. The Labute approximate surface area is 159 Å². The van der Waals surface area contributed by atoms with Crippen LogP contribution in [0.1, 0.15) is 12.7 Å². The molecule has 0 radical (unpaired) electrons. The van der Waals surface area contributed by atoms with Crippen molar-refractivity contribution in [3.05, 3.63) is 59.1 Å². The fourth-order valence-electron chi connectivity index (χ4n) is 2.76. The molecule has 0 aliphatic heterocycles. The average molecular weight is 384 g/mol. The molecular weight excluding hydrogens is 369 g/mol. The Balaban J connectivity index is 1.82. The molecule has 2 aromatic heterocycles. The second-order valence-corrected chi connectivity index (χ2v) is 6.24. The molecule has 0 amide bonds. The normalized spacial score (nSPS) is 11.1. The number of benzene rings is 2. The summed E-state index contributed by atoms with van der Waals surface area (Å²) in [5.41, 5.74) is 7.84. The van der Waals surface area contributed by atoms with Gasteiger partial charge in [0.1, 0.15) is 11.6 Å². The van der Waals surface area contributed by atoms with E-state index in [1.807, 2.05) is 6.92 Å². The number of rotatable bonds is 4. The molecule has 0 aliphatic carbocycles. The lowest BCUT2D eigenvalue weighted by atomic mass is 10.3. The van der Waals surface area contributed by atoms with E-state index in [4.69, 9.17) is 17.3 Å². The lowest BCUT2D eigenvalue weighted by Crippen LogP contribution is -2.11. The summed E-state index contributed by atoms with van der Waals surface area (Å²) in [5.74, 6) is 0.896. The van der Waals surface area contributed by atoms with Gasteiger partial charge in [-0.05, 0) is 36.4 Å². The Morgan fingerprint density at radius 3 is 2.59 bits per heavy atom. The number of anilines is 3. The van der Waals surface area contributed by atoms with Gasteiger partial charge in [-0.15, -0.1) is 0 Å². The Hall–Kier alpha value is -3.26. The number of imidazole rings is 1. The van der Waals surface area contributed by atoms with Gasteiger partial charge in [-0.25, -0.2) is 9.37 Å². The van der Waals surface area contributed by atoms with Gasteiger partial charge in [-0.1, -0.05) is 18.5 Å². The maximum Gasteiger partial charge on any atom is 0.242 e. The van der Waals surface area contributed by atoms with Crippen LogP contribution in [0.2, 0.25) is 5.02 Å². The lowest BCUT2D eigenvalue weighted by Gasteiger charge is -2.10. The predicted octanol–water partition coefficient (Wildman–Crippen LogP) is 3.89. The molecule has 9 heteroatoms. The molecule has 0 fully saturated rings. The van der Waals surface area contributed by atoms with Gasteiger partial charge in [0, 0.05) is 23.2 Å². The van der Waals surface area contributed by atoms with E-state index in [0.29, 0.717) is 28.3 Å². The second kappa shape index (κ2) is 6.81. The van der Waals surface area contributed by atoms with E-state index in [1.165, 1.54) is 12.1 Å². The summed E-state index contributed by atoms with van der Waals surface area (Å²) in [4.78, 5) is 17.3. The summed E-state index contributed by atoms with van der Waals surface area (Å²) in [5, 5.41) is 3.68. The first-order chi connectivity index (χ1) is 13.0. The SMILES string of the molecule is CCc1nc2ccc(F)cc2n1-c1nc(N)nc(Nc2ccc(Cl)cc2)n1. The minimum Gasteiger partial charge on any atom is -0.368 e. The lowest BCUT2D eigenvalue weighted by molar-refractivity contribution is 0.629. The fraction of sp³-hybridized carbons (Fsp3) is 0.111. The molecule has 3 N–H and O–H groups in total. The van der Waals surface area contributed by atoms with E-state index in [2.05, 4.69) is 25.3 Å². The van der Waals surface area contributed by atoms with E-state index in [-0.39, 0.29) is 23.7 Å². The molecular formula is C18H15ClFN7. The molecule has 7 nitrogen and oxygen atoms in total. The molecule has 0 saturated carbocycles. The Bertz CT molecular complexity index is 1120. The zero-order chi connectivity index (χ0) is 19.0. The minimum atomic E-state index is -0.368. The van der Waals surface area contributed by atoms with Crippen LogP contribution in [0.5, 0.6) is 0 Å². The van der Waals surface area contributed by atoms with Crippen LogP contribution in [0.15, 0.2) is 42.5 Å². The fourth-order valence-corrected chi connectivity index (χ4v) is 2.88. The standard InChI is InChI=1S/C18H15ClFN7/c1-2-15-23-13-8-5-11(20)9-14(13)27(15)18-25-16(21)24-17(26-18)22-12-6-3-10(19)4-7-12/h3-9H,2H2,1H3,(H3,21,22,24,25,26). The summed E-state index contributed by atoms with van der Waals surface area (Å²) in [6.07, 6.45) is 0.613. The molecule has 0 bridgehead atoms. The number of aromatic nitrogens is 5. The second-order valence-electron chi connectivity index (χ2n) is 5.80. The Morgan fingerprint density at radius 2 is 1.85 bits per heavy atom. The third-order valence-electron chi connectivity index (χ3n) is 3.94. The number of nitrogen functional groups attached to an aromatic ring is 1. The van der Waals surface area contributed by atoms with Gasteiger partial charge >= 0.3 is 0 Å². The Morgan fingerprint density at radius 1 is 1.07 bits per heavy atom. The van der Waals surface area contributed by atoms with Crippen molar-refractivity contribution in [2.24, 2.45) is 0 Å². The third-order valence-corrected chi connectivity index (χ3v) is 4.20. The largest absolute Gasteiger partial charge is 0.368 e. The van der Waals surface area contributed by atoms with Crippen LogP contribution in [-0.4, -0.2) is 24.5 Å². The van der Waals surface area contributed by atoms with Crippen LogP contribution in [0, 0.1) is 5.82 Å². The highest BCUT2D eigenvalue weighted by molar-refractivity contribution is 6.30. The van der Waals surface area contributed by atoms with E-state index in [9.17, 15) is 4.39 Å². The molecule has 4 rings (SSSR count). The van der Waals surface area contributed by atoms with Crippen LogP contribution in [0.25, 0.3) is 17.0 Å². The van der Waals surface area contributed by atoms with E-state index >= 15 is 0 Å². The number of aryl methyl sites for hydroxylation is 1. The number of nitrogens with zero attached hydrogens (tertiary/aromatic N) is 5. The van der Waals surface area contributed by atoms with Crippen molar-refractivity contribution < 1.29 is 4.39 Å². The first kappa shape index (κ1) is 17.2. The van der Waals surface area contributed by atoms with Gasteiger partial charge in [0.25, 0.3) is 0 Å². The predicted molar refractivity (Wildman–Crippen MR) is 103 cm³/mol. The maximum atomic E-state index is 13.8. The highest BCUT2D eigenvalue weighted by Crippen LogP contribution is 2.23. The van der Waals surface area contributed by atoms with Crippen molar-refractivity contribution in [3.63, 3.8) is 0 Å². The van der Waals surface area contributed by atoms with E-state index in [1.54, 1.807) is 34.9 Å². The highest BCUT2D eigenvalue weighted by Gasteiger charge is 2.16. The van der Waals surface area contributed by atoms with Gasteiger partial charge in [0.2, 0.25) is 17.8 Å². The molecule has 2 heterocycles. The number of nitrogens with two attached hydrogens (primary N) is 1. The van der Waals surface area contributed by atoms with Gasteiger partial charge in [0.05, 0.1) is 11.0 Å². The number of halogens is 2. The molecule has 27 heavy (non-hydrogen) atoms. The number of hydrogen-bond donors (Lipinski definition) is 2. The summed E-state index contributed by atoms with van der Waals surface area (Å²) in [7, 11) is 0. The Kier molecular flexibility index (Phi) is 4.33. The van der Waals surface area contributed by atoms with E-state index in [0.717, 1.165) is 5.69 Å². The molecule has 0 unspecified atom stereocenters. The van der Waals surface area contributed by atoms with Gasteiger partial charge in [-0.2, -0.15) is 15.0 Å². The molecule has 136 valence electrons. The number of fused-ring (bicyclic) bond motifs is 1. The van der Waals surface area contributed by atoms with Crippen molar-refractivity contribution in [1.82, 2.24) is 24.5 Å². The topological polar surface area (TPSA) is 94.5 Å². The molecule has 4 aromatic rings. The molecule has 0 spiro atoms. The summed E-state index contributed by atoms with van der Waals surface area (Å²) in [6.45, 7) is 1.95. The van der Waals surface area contributed by atoms with Crippen LogP contribution >= 0.6 is 11.6 Å². The van der Waals surface area contributed by atoms with Crippen molar-refractivity contribution >= 4 is 40.2 Å². The first-order valence-electron chi connectivity index (χ1n) is 8.25. The van der Waals surface area contributed by atoms with Crippen molar-refractivity contribution in [2.75, 3.05) is 11.1 Å². The van der Waals surface area contributed by atoms with Crippen molar-refractivity contribution in [2.45, 2.75) is 13.3 Å². The van der Waals surface area contributed by atoms with Gasteiger partial charge in [0.15, 0.2) is 0 Å². The molecule has 0 aliphatic rings. The van der Waals surface area contributed by atoms with Crippen molar-refractivity contribution in [1.29, 1.82) is 0 Å². The summed E-state index contributed by atoms with van der Waals surface area (Å²) in [6, 6.07) is 11.5. The number of hydrogen-bond acceptors (Lipinski definition) is 6. The number of nitrogens with one attached hydrogen (secondary N) is 1. The van der Waals surface area contributed by atoms with Crippen molar-refractivity contribution in [3.8, 4) is 5.95 Å². The van der Waals surface area contributed by atoms with Crippen LogP contribution in [0.3, 0.4) is 0 Å². The smallest absolute Gasteiger partial charge is 0.242 e.